The van der Waals surface area contributed by atoms with Crippen LogP contribution >= 0.6 is 0 Å². The summed E-state index contributed by atoms with van der Waals surface area (Å²) in [5.74, 6) is 1.34. The van der Waals surface area contributed by atoms with Gasteiger partial charge in [-0.15, -0.1) is 0 Å². The molecule has 5 heteroatoms. The van der Waals surface area contributed by atoms with Gasteiger partial charge in [0.2, 0.25) is 0 Å². The van der Waals surface area contributed by atoms with Crippen LogP contribution in [0.1, 0.15) is 30.1 Å². The fourth-order valence-corrected chi connectivity index (χ4v) is 3.54. The van der Waals surface area contributed by atoms with Crippen LogP contribution in [0.2, 0.25) is 0 Å². The fourth-order valence-electron chi connectivity index (χ4n) is 3.54. The molecule has 1 aromatic rings. The lowest BCUT2D eigenvalue weighted by Gasteiger charge is -2.37. The number of carbonyl (C=O) groups is 1. The van der Waals surface area contributed by atoms with Crippen molar-refractivity contribution in [1.82, 2.24) is 9.80 Å². The number of piperazine rings is 1. The van der Waals surface area contributed by atoms with E-state index < -0.39 is 0 Å². The topological polar surface area (TPSA) is 42.0 Å². The maximum Gasteiger partial charge on any atom is 0.254 e. The number of fused-ring (bicyclic) bond motifs is 1. The predicted molar refractivity (Wildman–Crippen MR) is 93.8 cm³/mol. The van der Waals surface area contributed by atoms with Gasteiger partial charge in [0.15, 0.2) is 11.5 Å². The summed E-state index contributed by atoms with van der Waals surface area (Å²) in [7, 11) is 0. The smallest absolute Gasteiger partial charge is 0.254 e. The molecule has 0 radical (unpaired) electrons. The minimum Gasteiger partial charge on any atom is -0.490 e. The van der Waals surface area contributed by atoms with Crippen molar-refractivity contribution in [2.45, 2.75) is 25.8 Å². The summed E-state index contributed by atoms with van der Waals surface area (Å²) in [6.07, 6.45) is 4.13. The van der Waals surface area contributed by atoms with Gasteiger partial charge in [-0.1, -0.05) is 12.7 Å². The van der Waals surface area contributed by atoms with Crippen molar-refractivity contribution in [3.63, 3.8) is 0 Å². The van der Waals surface area contributed by atoms with Crippen LogP contribution in [0.4, 0.5) is 0 Å². The molecule has 0 saturated carbocycles. The summed E-state index contributed by atoms with van der Waals surface area (Å²) in [5.41, 5.74) is 0.663. The molecule has 0 aromatic heterocycles. The minimum absolute atomic E-state index is 0.0813. The fraction of sp³-hybridized carbons (Fsp3) is 0.526. The number of benzene rings is 1. The maximum atomic E-state index is 12.9. The molecule has 0 aliphatic carbocycles. The monoisotopic (exact) mass is 330 g/mol. The van der Waals surface area contributed by atoms with Gasteiger partial charge >= 0.3 is 0 Å². The summed E-state index contributed by atoms with van der Waals surface area (Å²) in [4.78, 5) is 17.3. The molecule has 2 fully saturated rings. The van der Waals surface area contributed by atoms with Gasteiger partial charge in [0.1, 0.15) is 6.61 Å². The SMILES string of the molecule is C=CCOc1ccc(C(=O)N2CCN3CCCC3C2)cc1OCC. The highest BCUT2D eigenvalue weighted by atomic mass is 16.5. The number of hydrogen-bond acceptors (Lipinski definition) is 4. The molecule has 2 heterocycles. The van der Waals surface area contributed by atoms with E-state index in [2.05, 4.69) is 11.5 Å². The first kappa shape index (κ1) is 16.8. The van der Waals surface area contributed by atoms with Gasteiger partial charge < -0.3 is 14.4 Å². The molecule has 2 saturated heterocycles. The molecular weight excluding hydrogens is 304 g/mol. The van der Waals surface area contributed by atoms with E-state index in [0.717, 1.165) is 19.6 Å². The molecule has 0 N–H and O–H groups in total. The molecule has 0 bridgehead atoms. The van der Waals surface area contributed by atoms with E-state index in [0.29, 0.717) is 36.3 Å². The van der Waals surface area contributed by atoms with E-state index in [1.165, 1.54) is 19.4 Å². The highest BCUT2D eigenvalue weighted by Gasteiger charge is 2.32. The second-order valence-corrected chi connectivity index (χ2v) is 6.28. The average molecular weight is 330 g/mol. The lowest BCUT2D eigenvalue weighted by atomic mass is 10.1. The van der Waals surface area contributed by atoms with Gasteiger partial charge in [-0.25, -0.2) is 0 Å². The van der Waals surface area contributed by atoms with Gasteiger partial charge in [-0.05, 0) is 44.5 Å². The van der Waals surface area contributed by atoms with E-state index >= 15 is 0 Å². The third-order valence-electron chi connectivity index (χ3n) is 4.72. The molecule has 1 atom stereocenters. The van der Waals surface area contributed by atoms with Gasteiger partial charge in [-0.3, -0.25) is 9.69 Å². The molecule has 0 spiro atoms. The Morgan fingerprint density at radius 3 is 2.96 bits per heavy atom. The van der Waals surface area contributed by atoms with E-state index in [4.69, 9.17) is 9.47 Å². The molecule has 5 nitrogen and oxygen atoms in total. The molecule has 1 aromatic carbocycles. The minimum atomic E-state index is 0.0813. The number of amides is 1. The molecule has 2 aliphatic rings. The summed E-state index contributed by atoms with van der Waals surface area (Å²) >= 11 is 0. The van der Waals surface area contributed by atoms with Crippen LogP contribution in [0.5, 0.6) is 11.5 Å². The first-order valence-corrected chi connectivity index (χ1v) is 8.76. The Labute approximate surface area is 143 Å². The quantitative estimate of drug-likeness (QED) is 0.752. The molecule has 1 amide bonds. The van der Waals surface area contributed by atoms with Crippen LogP contribution < -0.4 is 9.47 Å². The predicted octanol–water partition coefficient (Wildman–Crippen LogP) is 2.57. The molecule has 24 heavy (non-hydrogen) atoms. The highest BCUT2D eigenvalue weighted by molar-refractivity contribution is 5.95. The van der Waals surface area contributed by atoms with Gasteiger partial charge in [-0.2, -0.15) is 0 Å². The normalized spacial score (nSPS) is 20.5. The van der Waals surface area contributed by atoms with Crippen LogP contribution in [-0.4, -0.2) is 61.1 Å². The highest BCUT2D eigenvalue weighted by Crippen LogP contribution is 2.30. The van der Waals surface area contributed by atoms with Crippen molar-refractivity contribution >= 4 is 5.91 Å². The Bertz CT molecular complexity index is 602. The van der Waals surface area contributed by atoms with E-state index in [9.17, 15) is 4.79 Å². The number of nitrogens with zero attached hydrogens (tertiary/aromatic N) is 2. The zero-order valence-corrected chi connectivity index (χ0v) is 14.4. The lowest BCUT2D eigenvalue weighted by Crippen LogP contribution is -2.52. The van der Waals surface area contributed by atoms with E-state index in [-0.39, 0.29) is 5.91 Å². The van der Waals surface area contributed by atoms with Crippen LogP contribution in [-0.2, 0) is 0 Å². The summed E-state index contributed by atoms with van der Waals surface area (Å²) in [5, 5.41) is 0. The van der Waals surface area contributed by atoms with E-state index in [1.807, 2.05) is 24.0 Å². The van der Waals surface area contributed by atoms with Crippen molar-refractivity contribution in [2.75, 3.05) is 39.4 Å². The Morgan fingerprint density at radius 2 is 2.17 bits per heavy atom. The van der Waals surface area contributed by atoms with Crippen molar-refractivity contribution in [2.24, 2.45) is 0 Å². The Kier molecular flexibility index (Phi) is 5.41. The lowest BCUT2D eigenvalue weighted by molar-refractivity contribution is 0.0571. The zero-order valence-electron chi connectivity index (χ0n) is 14.4. The van der Waals surface area contributed by atoms with Crippen LogP contribution in [0.15, 0.2) is 30.9 Å². The summed E-state index contributed by atoms with van der Waals surface area (Å²) in [6.45, 7) is 10.3. The Morgan fingerprint density at radius 1 is 1.29 bits per heavy atom. The molecule has 130 valence electrons. The number of ether oxygens (including phenoxy) is 2. The second-order valence-electron chi connectivity index (χ2n) is 6.28. The van der Waals surface area contributed by atoms with Crippen molar-refractivity contribution < 1.29 is 14.3 Å². The standard InChI is InChI=1S/C19H26N2O3/c1-3-12-24-17-8-7-15(13-18(17)23-4-2)19(22)21-11-10-20-9-5-6-16(20)14-21/h3,7-8,13,16H,1,4-6,9-12,14H2,2H3. The first-order chi connectivity index (χ1) is 11.7. The zero-order chi connectivity index (χ0) is 16.9. The molecular formula is C19H26N2O3. The first-order valence-electron chi connectivity index (χ1n) is 8.76. The van der Waals surface area contributed by atoms with Gasteiger partial charge in [0.05, 0.1) is 6.61 Å². The Balaban J connectivity index is 1.74. The number of carbonyl (C=O) groups excluding carboxylic acids is 1. The maximum absolute atomic E-state index is 12.9. The largest absolute Gasteiger partial charge is 0.490 e. The van der Waals surface area contributed by atoms with Crippen LogP contribution in [0, 0.1) is 0 Å². The van der Waals surface area contributed by atoms with Crippen molar-refractivity contribution in [3.05, 3.63) is 36.4 Å². The van der Waals surface area contributed by atoms with Gasteiger partial charge in [0.25, 0.3) is 5.91 Å². The van der Waals surface area contributed by atoms with Gasteiger partial charge in [0, 0.05) is 31.2 Å². The molecule has 2 aliphatic heterocycles. The third kappa shape index (κ3) is 3.56. The second kappa shape index (κ2) is 7.71. The number of hydrogen-bond donors (Lipinski definition) is 0. The van der Waals surface area contributed by atoms with E-state index in [1.54, 1.807) is 12.1 Å². The van der Waals surface area contributed by atoms with Crippen LogP contribution in [0.3, 0.4) is 0 Å². The van der Waals surface area contributed by atoms with Crippen molar-refractivity contribution in [1.29, 1.82) is 0 Å². The molecule has 3 rings (SSSR count). The summed E-state index contributed by atoms with van der Waals surface area (Å²) in [6, 6.07) is 5.97. The molecule has 1 unspecified atom stereocenters. The third-order valence-corrected chi connectivity index (χ3v) is 4.72. The average Bonchev–Trinajstić information content (AvgIpc) is 3.08. The number of rotatable bonds is 6. The Hall–Kier alpha value is -2.01. The van der Waals surface area contributed by atoms with Crippen molar-refractivity contribution in [3.8, 4) is 11.5 Å². The summed E-state index contributed by atoms with van der Waals surface area (Å²) < 4.78 is 11.2. The van der Waals surface area contributed by atoms with Crippen LogP contribution in [0.25, 0.3) is 0 Å².